The van der Waals surface area contributed by atoms with Crippen LogP contribution in [0, 0.1) is 17.2 Å². The van der Waals surface area contributed by atoms with Crippen LogP contribution in [0.15, 0.2) is 47.4 Å². The van der Waals surface area contributed by atoms with Gasteiger partial charge in [0.25, 0.3) is 0 Å². The van der Waals surface area contributed by atoms with Crippen molar-refractivity contribution >= 4 is 15.9 Å². The highest BCUT2D eigenvalue weighted by Crippen LogP contribution is 2.36. The van der Waals surface area contributed by atoms with E-state index in [1.54, 1.807) is 56.1 Å². The highest BCUT2D eigenvalue weighted by Gasteiger charge is 2.38. The molecule has 0 aromatic heterocycles. The van der Waals surface area contributed by atoms with Gasteiger partial charge in [-0.3, -0.25) is 4.79 Å². The minimum atomic E-state index is -3.96. The van der Waals surface area contributed by atoms with Gasteiger partial charge in [0.15, 0.2) is 0 Å². The summed E-state index contributed by atoms with van der Waals surface area (Å²) in [7, 11) is -2.25. The first-order valence-corrected chi connectivity index (χ1v) is 12.7. The summed E-state index contributed by atoms with van der Waals surface area (Å²) in [5, 5.41) is 19.0. The molecular weight excluding hydrogens is 454 g/mol. The van der Waals surface area contributed by atoms with Crippen LogP contribution >= 0.6 is 0 Å². The van der Waals surface area contributed by atoms with E-state index in [9.17, 15) is 23.6 Å². The minimum absolute atomic E-state index is 0.00867. The van der Waals surface area contributed by atoms with Gasteiger partial charge in [-0.25, -0.2) is 8.42 Å². The number of aliphatic hydroxyl groups is 1. The molecule has 1 amide bonds. The first-order chi connectivity index (χ1) is 16.1. The fraction of sp³-hybridized carbons (Fsp3) is 0.440. The molecule has 182 valence electrons. The molecule has 3 rings (SSSR count). The van der Waals surface area contributed by atoms with E-state index in [-0.39, 0.29) is 35.6 Å². The van der Waals surface area contributed by atoms with Gasteiger partial charge in [-0.05, 0) is 42.3 Å². The molecule has 2 aromatic carbocycles. The fourth-order valence-electron chi connectivity index (χ4n) is 4.03. The molecular formula is C25H31N3O5S. The highest BCUT2D eigenvalue weighted by molar-refractivity contribution is 7.89. The Hall–Kier alpha value is -2.93. The number of carbonyl (C=O) groups is 1. The Bertz CT molecular complexity index is 1190. The number of nitrogens with zero attached hydrogens (tertiary/aromatic N) is 3. The van der Waals surface area contributed by atoms with Crippen molar-refractivity contribution in [3.05, 3.63) is 48.0 Å². The predicted octanol–water partition coefficient (Wildman–Crippen LogP) is 2.86. The van der Waals surface area contributed by atoms with E-state index in [0.717, 1.165) is 5.56 Å². The number of fused-ring (bicyclic) bond motifs is 1. The molecule has 1 aliphatic rings. The second-order valence-corrected chi connectivity index (χ2v) is 10.6. The van der Waals surface area contributed by atoms with E-state index in [1.807, 2.05) is 13.0 Å². The van der Waals surface area contributed by atoms with Gasteiger partial charge in [-0.15, -0.1) is 0 Å². The summed E-state index contributed by atoms with van der Waals surface area (Å²) in [6.07, 6.45) is -0.112. The van der Waals surface area contributed by atoms with Crippen LogP contribution in [0.4, 0.5) is 0 Å². The number of rotatable bonds is 6. The van der Waals surface area contributed by atoms with Gasteiger partial charge < -0.3 is 14.7 Å². The van der Waals surface area contributed by atoms with Gasteiger partial charge in [0.1, 0.15) is 16.7 Å². The maximum Gasteiger partial charge on any atom is 0.247 e. The third kappa shape index (κ3) is 5.25. The Morgan fingerprint density at radius 3 is 2.65 bits per heavy atom. The molecule has 9 heteroatoms. The minimum Gasteiger partial charge on any atom is -0.487 e. The Morgan fingerprint density at radius 1 is 1.29 bits per heavy atom. The SMILES string of the molecule is CCC(=O)N(C)C[C@H]1Oc2cc(-c3cccc(C#N)c3)ccc2S(=O)(=O)N([C@@H](C)CO)C[C@H]1C. The van der Waals surface area contributed by atoms with Crippen molar-refractivity contribution in [3.63, 3.8) is 0 Å². The Labute approximate surface area is 201 Å². The lowest BCUT2D eigenvalue weighted by atomic mass is 10.0. The van der Waals surface area contributed by atoms with Crippen LogP contribution in [0.3, 0.4) is 0 Å². The zero-order chi connectivity index (χ0) is 25.0. The molecule has 1 N–H and O–H groups in total. The number of hydrogen-bond acceptors (Lipinski definition) is 6. The molecule has 0 spiro atoms. The van der Waals surface area contributed by atoms with Gasteiger partial charge in [-0.2, -0.15) is 9.57 Å². The van der Waals surface area contributed by atoms with Crippen LogP contribution in [0.25, 0.3) is 11.1 Å². The van der Waals surface area contributed by atoms with Crippen molar-refractivity contribution in [2.75, 3.05) is 26.7 Å². The van der Waals surface area contributed by atoms with E-state index in [0.29, 0.717) is 24.1 Å². The largest absolute Gasteiger partial charge is 0.487 e. The van der Waals surface area contributed by atoms with Gasteiger partial charge in [0, 0.05) is 32.0 Å². The molecule has 8 nitrogen and oxygen atoms in total. The predicted molar refractivity (Wildman–Crippen MR) is 129 cm³/mol. The lowest BCUT2D eigenvalue weighted by molar-refractivity contribution is -0.131. The van der Waals surface area contributed by atoms with Crippen molar-refractivity contribution in [1.29, 1.82) is 5.26 Å². The summed E-state index contributed by atoms with van der Waals surface area (Å²) in [4.78, 5) is 13.8. The highest BCUT2D eigenvalue weighted by atomic mass is 32.2. The second-order valence-electron chi connectivity index (χ2n) is 8.72. The number of benzene rings is 2. The summed E-state index contributed by atoms with van der Waals surface area (Å²) in [5.74, 6) is -0.105. The summed E-state index contributed by atoms with van der Waals surface area (Å²) >= 11 is 0. The molecule has 0 fully saturated rings. The molecule has 34 heavy (non-hydrogen) atoms. The number of amides is 1. The molecule has 0 saturated heterocycles. The molecule has 0 unspecified atom stereocenters. The number of sulfonamides is 1. The summed E-state index contributed by atoms with van der Waals surface area (Å²) in [6.45, 7) is 5.45. The third-order valence-electron chi connectivity index (χ3n) is 6.17. The van der Waals surface area contributed by atoms with E-state index in [1.165, 1.54) is 10.4 Å². The van der Waals surface area contributed by atoms with Crippen molar-refractivity contribution in [2.24, 2.45) is 5.92 Å². The molecule has 1 aliphatic heterocycles. The van der Waals surface area contributed by atoms with Crippen LogP contribution in [-0.2, 0) is 14.8 Å². The van der Waals surface area contributed by atoms with Gasteiger partial charge >= 0.3 is 0 Å². The monoisotopic (exact) mass is 485 g/mol. The van der Waals surface area contributed by atoms with Crippen molar-refractivity contribution in [2.45, 2.75) is 44.2 Å². The van der Waals surface area contributed by atoms with Gasteiger partial charge in [0.2, 0.25) is 15.9 Å². The van der Waals surface area contributed by atoms with Crippen LogP contribution in [0.1, 0.15) is 32.8 Å². The molecule has 0 radical (unpaired) electrons. The van der Waals surface area contributed by atoms with Crippen molar-refractivity contribution in [1.82, 2.24) is 9.21 Å². The van der Waals surface area contributed by atoms with Crippen LogP contribution in [0.5, 0.6) is 5.75 Å². The maximum atomic E-state index is 13.6. The fourth-order valence-corrected chi connectivity index (χ4v) is 5.86. The number of ether oxygens (including phenoxy) is 1. The van der Waals surface area contributed by atoms with Crippen molar-refractivity contribution in [3.8, 4) is 22.9 Å². The number of nitriles is 1. The molecule has 0 saturated carbocycles. The second kappa shape index (κ2) is 10.6. The summed E-state index contributed by atoms with van der Waals surface area (Å²) in [5.41, 5.74) is 1.96. The first kappa shape index (κ1) is 25.7. The Morgan fingerprint density at radius 2 is 2.00 bits per heavy atom. The van der Waals surface area contributed by atoms with Gasteiger partial charge in [0.05, 0.1) is 24.8 Å². The Balaban J connectivity index is 2.13. The molecule has 0 aliphatic carbocycles. The first-order valence-electron chi connectivity index (χ1n) is 11.3. The summed E-state index contributed by atoms with van der Waals surface area (Å²) in [6, 6.07) is 13.4. The quantitative estimate of drug-likeness (QED) is 0.674. The lowest BCUT2D eigenvalue weighted by Gasteiger charge is -2.37. The lowest BCUT2D eigenvalue weighted by Crippen LogP contribution is -2.50. The maximum absolute atomic E-state index is 13.6. The smallest absolute Gasteiger partial charge is 0.247 e. The topological polar surface area (TPSA) is 111 Å². The molecule has 2 aromatic rings. The van der Waals surface area contributed by atoms with Gasteiger partial charge in [-0.1, -0.05) is 32.0 Å². The van der Waals surface area contributed by atoms with E-state index in [4.69, 9.17) is 4.74 Å². The van der Waals surface area contributed by atoms with E-state index < -0.39 is 22.2 Å². The van der Waals surface area contributed by atoms with Crippen LogP contribution < -0.4 is 4.74 Å². The zero-order valence-corrected chi connectivity index (χ0v) is 20.7. The normalized spacial score (nSPS) is 20.7. The average Bonchev–Trinajstić information content (AvgIpc) is 2.84. The van der Waals surface area contributed by atoms with E-state index >= 15 is 0 Å². The summed E-state index contributed by atoms with van der Waals surface area (Å²) < 4.78 is 34.8. The average molecular weight is 486 g/mol. The molecule has 0 bridgehead atoms. The third-order valence-corrected chi connectivity index (χ3v) is 8.19. The van der Waals surface area contributed by atoms with Crippen LogP contribution in [0.2, 0.25) is 0 Å². The van der Waals surface area contributed by atoms with E-state index in [2.05, 4.69) is 6.07 Å². The molecule has 3 atom stereocenters. The van der Waals surface area contributed by atoms with Crippen LogP contribution in [-0.4, -0.2) is 67.5 Å². The standard InChI is InChI=1S/C25H31N3O5S/c1-5-25(30)27(4)15-23-17(2)14-28(18(3)16-29)34(31,32)24-10-9-21(12-22(24)33-23)20-8-6-7-19(11-20)13-26/h6-12,17-18,23,29H,5,14-16H2,1-4H3/t17-,18+,23-/m1/s1. The molecule has 1 heterocycles. The zero-order valence-electron chi connectivity index (χ0n) is 19.9. The van der Waals surface area contributed by atoms with Crippen molar-refractivity contribution < 1.29 is 23.1 Å². The Kier molecular flexibility index (Phi) is 7.97. The number of carbonyl (C=O) groups excluding carboxylic acids is 1. The number of hydrogen-bond donors (Lipinski definition) is 1. The number of aliphatic hydroxyl groups excluding tert-OH is 1. The number of likely N-dealkylation sites (N-methyl/N-ethyl adjacent to an activating group) is 1.